The number of aromatic nitrogens is 2. The van der Waals surface area contributed by atoms with Gasteiger partial charge in [-0.2, -0.15) is 5.26 Å². The Morgan fingerprint density at radius 2 is 1.53 bits per heavy atom. The van der Waals surface area contributed by atoms with Crippen LogP contribution in [0.15, 0.2) is 59.5 Å². The lowest BCUT2D eigenvalue weighted by Gasteiger charge is -2.45. The van der Waals surface area contributed by atoms with Gasteiger partial charge in [-0.3, -0.25) is 33.5 Å². The van der Waals surface area contributed by atoms with Crippen molar-refractivity contribution in [1.29, 1.82) is 5.26 Å². The summed E-state index contributed by atoms with van der Waals surface area (Å²) in [6.45, 7) is 3.90. The zero-order chi connectivity index (χ0) is 32.8. The van der Waals surface area contributed by atoms with Crippen LogP contribution in [0.4, 0.5) is 0 Å². The number of hydrogen-bond donors (Lipinski definition) is 0. The summed E-state index contributed by atoms with van der Waals surface area (Å²) in [5.41, 5.74) is -0.0235. The number of nitriles is 1. The lowest BCUT2D eigenvalue weighted by atomic mass is 9.95. The van der Waals surface area contributed by atoms with E-state index in [2.05, 4.69) is 4.98 Å². The Bertz CT molecular complexity index is 1700. The van der Waals surface area contributed by atoms with Crippen molar-refractivity contribution >= 4 is 35.5 Å². The molecule has 0 amide bonds. The van der Waals surface area contributed by atoms with Crippen LogP contribution in [0.2, 0.25) is 5.02 Å². The molecule has 13 nitrogen and oxygen atoms in total. The Labute approximate surface area is 262 Å². The van der Waals surface area contributed by atoms with Gasteiger partial charge in [0.1, 0.15) is 24.3 Å². The molecule has 4 rings (SSSR count). The van der Waals surface area contributed by atoms with Crippen LogP contribution in [-0.4, -0.2) is 64.5 Å². The number of carbonyl (C=O) groups is 4. The van der Waals surface area contributed by atoms with Crippen molar-refractivity contribution in [3.8, 4) is 28.6 Å². The molecule has 45 heavy (non-hydrogen) atoms. The minimum Gasteiger partial charge on any atom is -0.463 e. The van der Waals surface area contributed by atoms with E-state index in [1.165, 1.54) is 6.20 Å². The van der Waals surface area contributed by atoms with Crippen molar-refractivity contribution in [3.05, 3.63) is 75.7 Å². The largest absolute Gasteiger partial charge is 0.463 e. The average Bonchev–Trinajstić information content (AvgIpc) is 2.98. The van der Waals surface area contributed by atoms with Crippen LogP contribution >= 0.6 is 11.6 Å². The van der Waals surface area contributed by atoms with Crippen molar-refractivity contribution < 1.29 is 42.9 Å². The topological polar surface area (TPSA) is 173 Å². The summed E-state index contributed by atoms with van der Waals surface area (Å²) < 4.78 is 29.0. The molecule has 234 valence electrons. The Kier molecular flexibility index (Phi) is 10.3. The number of rotatable bonds is 8. The van der Waals surface area contributed by atoms with Gasteiger partial charge in [0, 0.05) is 44.5 Å². The molecule has 1 aliphatic rings. The number of ether oxygens (including phenoxy) is 5. The Morgan fingerprint density at radius 3 is 2.09 bits per heavy atom. The quantitative estimate of drug-likeness (QED) is 0.261. The summed E-state index contributed by atoms with van der Waals surface area (Å²) in [5, 5.41) is 10.6. The molecule has 2 aromatic heterocycles. The minimum absolute atomic E-state index is 0.130. The highest BCUT2D eigenvalue weighted by atomic mass is 35.5. The zero-order valence-corrected chi connectivity index (χ0v) is 25.3. The highest BCUT2D eigenvalue weighted by Crippen LogP contribution is 2.37. The summed E-state index contributed by atoms with van der Waals surface area (Å²) in [6.07, 6.45) is -6.04. The molecule has 1 fully saturated rings. The molecule has 1 aromatic carbocycles. The molecule has 3 aromatic rings. The standard InChI is InChI=1S/C31H28ClN3O10/c1-16(36)41-15-26-27(42-17(2)37)28(43-18(3)38)29(44-19(4)39)31(45-26)35-25(24-7-5-6-12-34-24)13-22(23(14-33)30(35)40)20-8-10-21(32)11-9-20/h5-13,26-29,31H,15H2,1-4H3/t26-,27-,28+,29-,31+/m0/s1. The Hall–Kier alpha value is -5.06. The third-order valence-electron chi connectivity index (χ3n) is 6.66. The van der Waals surface area contributed by atoms with E-state index in [-0.39, 0.29) is 22.5 Å². The first-order chi connectivity index (χ1) is 21.4. The molecule has 0 aliphatic carbocycles. The van der Waals surface area contributed by atoms with Gasteiger partial charge in [0.15, 0.2) is 24.5 Å². The summed E-state index contributed by atoms with van der Waals surface area (Å²) in [7, 11) is 0. The first kappa shape index (κ1) is 32.8. The van der Waals surface area contributed by atoms with Crippen LogP contribution in [-0.2, 0) is 42.9 Å². The third kappa shape index (κ3) is 7.54. The van der Waals surface area contributed by atoms with Gasteiger partial charge in [-0.15, -0.1) is 0 Å². The van der Waals surface area contributed by atoms with Crippen LogP contribution in [0.5, 0.6) is 0 Å². The number of carbonyl (C=O) groups excluding carboxylic acids is 4. The van der Waals surface area contributed by atoms with Gasteiger partial charge in [0.05, 0.1) is 11.4 Å². The molecule has 3 heterocycles. The smallest absolute Gasteiger partial charge is 0.303 e. The molecule has 0 bridgehead atoms. The van der Waals surface area contributed by atoms with E-state index >= 15 is 0 Å². The lowest BCUT2D eigenvalue weighted by molar-refractivity contribution is -0.268. The predicted octanol–water partition coefficient (Wildman–Crippen LogP) is 3.36. The van der Waals surface area contributed by atoms with Crippen LogP contribution in [0.1, 0.15) is 39.5 Å². The van der Waals surface area contributed by atoms with Crippen molar-refractivity contribution in [2.24, 2.45) is 0 Å². The van der Waals surface area contributed by atoms with Gasteiger partial charge in [0.2, 0.25) is 0 Å². The first-order valence-corrected chi connectivity index (χ1v) is 14.0. The summed E-state index contributed by atoms with van der Waals surface area (Å²) >= 11 is 6.07. The maximum Gasteiger partial charge on any atom is 0.303 e. The first-order valence-electron chi connectivity index (χ1n) is 13.6. The van der Waals surface area contributed by atoms with Gasteiger partial charge in [-0.1, -0.05) is 29.8 Å². The number of pyridine rings is 2. The molecule has 0 unspecified atom stereocenters. The maximum absolute atomic E-state index is 14.3. The van der Waals surface area contributed by atoms with Crippen molar-refractivity contribution in [1.82, 2.24) is 9.55 Å². The predicted molar refractivity (Wildman–Crippen MR) is 156 cm³/mol. The molecular weight excluding hydrogens is 610 g/mol. The molecule has 5 atom stereocenters. The second-order valence-electron chi connectivity index (χ2n) is 9.92. The number of halogens is 1. The number of benzene rings is 1. The van der Waals surface area contributed by atoms with E-state index in [1.807, 2.05) is 6.07 Å². The van der Waals surface area contributed by atoms with Gasteiger partial charge in [-0.05, 0) is 35.9 Å². The average molecular weight is 638 g/mol. The fraction of sp³-hybridized carbons (Fsp3) is 0.323. The van der Waals surface area contributed by atoms with E-state index in [1.54, 1.807) is 48.5 Å². The summed E-state index contributed by atoms with van der Waals surface area (Å²) in [4.78, 5) is 67.3. The van der Waals surface area contributed by atoms with Gasteiger partial charge < -0.3 is 23.7 Å². The third-order valence-corrected chi connectivity index (χ3v) is 6.91. The van der Waals surface area contributed by atoms with E-state index < -0.39 is 66.7 Å². The van der Waals surface area contributed by atoms with Crippen molar-refractivity contribution in [2.45, 2.75) is 58.3 Å². The van der Waals surface area contributed by atoms with E-state index in [0.29, 0.717) is 10.6 Å². The summed E-state index contributed by atoms with van der Waals surface area (Å²) in [5.74, 6) is -3.20. The highest BCUT2D eigenvalue weighted by Gasteiger charge is 2.53. The zero-order valence-electron chi connectivity index (χ0n) is 24.6. The van der Waals surface area contributed by atoms with Crippen molar-refractivity contribution in [2.75, 3.05) is 6.61 Å². The molecule has 1 saturated heterocycles. The molecule has 0 spiro atoms. The van der Waals surface area contributed by atoms with Crippen LogP contribution in [0, 0.1) is 11.3 Å². The van der Waals surface area contributed by atoms with E-state index in [9.17, 15) is 29.2 Å². The molecule has 0 N–H and O–H groups in total. The number of nitrogens with zero attached hydrogens (tertiary/aromatic N) is 3. The minimum atomic E-state index is -1.61. The number of hydrogen-bond acceptors (Lipinski definition) is 12. The van der Waals surface area contributed by atoms with E-state index in [0.717, 1.165) is 32.3 Å². The lowest BCUT2D eigenvalue weighted by Crippen LogP contribution is -2.61. The van der Waals surface area contributed by atoms with Crippen LogP contribution < -0.4 is 5.56 Å². The fourth-order valence-corrected chi connectivity index (χ4v) is 5.09. The molecular formula is C31H28ClN3O10. The normalized spacial score (nSPS) is 20.8. The second-order valence-corrected chi connectivity index (χ2v) is 10.4. The summed E-state index contributed by atoms with van der Waals surface area (Å²) in [6, 6.07) is 14.9. The Balaban J connectivity index is 2.04. The SMILES string of the molecule is CC(=O)OC[C@@H]1O[C@@H](n2c(-c3ccccn3)cc(-c3ccc(Cl)cc3)c(C#N)c2=O)[C@@H](OC(C)=O)[C@H](OC(C)=O)[C@H]1OC(C)=O. The van der Waals surface area contributed by atoms with Gasteiger partial charge in [0.25, 0.3) is 5.56 Å². The molecule has 0 radical (unpaired) electrons. The maximum atomic E-state index is 14.3. The fourth-order valence-electron chi connectivity index (χ4n) is 4.97. The monoisotopic (exact) mass is 637 g/mol. The van der Waals surface area contributed by atoms with Crippen LogP contribution in [0.3, 0.4) is 0 Å². The van der Waals surface area contributed by atoms with Gasteiger partial charge in [-0.25, -0.2) is 0 Å². The number of esters is 4. The molecule has 1 aliphatic heterocycles. The van der Waals surface area contributed by atoms with Gasteiger partial charge >= 0.3 is 23.9 Å². The van der Waals surface area contributed by atoms with Crippen molar-refractivity contribution in [3.63, 3.8) is 0 Å². The Morgan fingerprint density at radius 1 is 0.911 bits per heavy atom. The van der Waals surface area contributed by atoms with E-state index in [4.69, 9.17) is 35.3 Å². The molecule has 0 saturated carbocycles. The molecule has 14 heteroatoms. The highest BCUT2D eigenvalue weighted by molar-refractivity contribution is 6.30. The second kappa shape index (κ2) is 14.1. The van der Waals surface area contributed by atoms with Crippen LogP contribution in [0.25, 0.3) is 22.5 Å².